The molecule has 2 unspecified atom stereocenters. The highest BCUT2D eigenvalue weighted by atomic mass is 15.0. The molecule has 16 heavy (non-hydrogen) atoms. The van der Waals surface area contributed by atoms with Crippen LogP contribution in [-0.2, 0) is 0 Å². The molecule has 94 valence electrons. The van der Waals surface area contributed by atoms with Crippen LogP contribution in [0.15, 0.2) is 0 Å². The van der Waals surface area contributed by atoms with E-state index in [9.17, 15) is 0 Å². The van der Waals surface area contributed by atoms with Gasteiger partial charge in [0.15, 0.2) is 0 Å². The highest BCUT2D eigenvalue weighted by molar-refractivity contribution is 4.97. The van der Waals surface area contributed by atoms with E-state index in [0.29, 0.717) is 11.5 Å². The molecule has 1 saturated heterocycles. The van der Waals surface area contributed by atoms with Crippen LogP contribution in [0.1, 0.15) is 46.5 Å². The monoisotopic (exact) mass is 224 g/mol. The second-order valence-corrected chi connectivity index (χ2v) is 6.43. The minimum atomic E-state index is 0.653. The van der Waals surface area contributed by atoms with Crippen LogP contribution < -0.4 is 10.6 Å². The van der Waals surface area contributed by atoms with Crippen molar-refractivity contribution in [2.45, 2.75) is 52.5 Å². The first kappa shape index (κ1) is 12.4. The first-order chi connectivity index (χ1) is 7.62. The molecule has 2 fully saturated rings. The second-order valence-electron chi connectivity index (χ2n) is 6.43. The number of hydrogen-bond donors (Lipinski definition) is 2. The van der Waals surface area contributed by atoms with Crippen molar-refractivity contribution in [3.8, 4) is 0 Å². The maximum Gasteiger partial charge on any atom is 0.0195 e. The molecule has 1 aliphatic heterocycles. The number of hydrogen-bond acceptors (Lipinski definition) is 2. The topological polar surface area (TPSA) is 24.1 Å². The molecule has 0 aromatic rings. The molecule has 2 atom stereocenters. The molecule has 0 radical (unpaired) electrons. The molecule has 0 aromatic carbocycles. The van der Waals surface area contributed by atoms with Gasteiger partial charge in [-0.15, -0.1) is 0 Å². The zero-order chi connectivity index (χ0) is 11.6. The minimum absolute atomic E-state index is 0.653. The van der Waals surface area contributed by atoms with Crippen molar-refractivity contribution in [1.82, 2.24) is 10.6 Å². The van der Waals surface area contributed by atoms with Crippen molar-refractivity contribution in [1.29, 1.82) is 0 Å². The van der Waals surface area contributed by atoms with Crippen molar-refractivity contribution in [3.63, 3.8) is 0 Å². The van der Waals surface area contributed by atoms with E-state index < -0.39 is 0 Å². The van der Waals surface area contributed by atoms with Crippen molar-refractivity contribution in [3.05, 3.63) is 0 Å². The molecule has 2 rings (SSSR count). The van der Waals surface area contributed by atoms with E-state index in [-0.39, 0.29) is 0 Å². The van der Waals surface area contributed by atoms with Crippen LogP contribution in [0.3, 0.4) is 0 Å². The molecule has 0 aromatic heterocycles. The average molecular weight is 224 g/mol. The third kappa shape index (κ3) is 2.98. The van der Waals surface area contributed by atoms with Gasteiger partial charge in [-0.3, -0.25) is 0 Å². The predicted octanol–water partition coefficient (Wildman–Crippen LogP) is 2.40. The van der Waals surface area contributed by atoms with Gasteiger partial charge in [-0.05, 0) is 49.5 Å². The molecule has 2 aliphatic rings. The molecule has 1 saturated carbocycles. The SMILES string of the molecule is CC1CCNC(CNCC2(C(C)C)CC2)C1. The molecule has 2 nitrogen and oxygen atoms in total. The molecule has 0 spiro atoms. The minimum Gasteiger partial charge on any atom is -0.315 e. The summed E-state index contributed by atoms with van der Waals surface area (Å²) in [6, 6.07) is 0.715. The van der Waals surface area contributed by atoms with E-state index in [0.717, 1.165) is 11.8 Å². The Morgan fingerprint density at radius 2 is 2.12 bits per heavy atom. The molecule has 1 heterocycles. The average Bonchev–Trinajstić information content (AvgIpc) is 2.99. The number of piperidine rings is 1. The van der Waals surface area contributed by atoms with E-state index in [1.165, 1.54) is 45.3 Å². The Labute approximate surface area is 101 Å². The van der Waals surface area contributed by atoms with Gasteiger partial charge in [0, 0.05) is 19.1 Å². The third-order valence-electron chi connectivity index (χ3n) is 4.74. The van der Waals surface area contributed by atoms with Gasteiger partial charge in [-0.2, -0.15) is 0 Å². The normalized spacial score (nSPS) is 33.0. The fraction of sp³-hybridized carbons (Fsp3) is 1.00. The van der Waals surface area contributed by atoms with E-state index in [2.05, 4.69) is 31.4 Å². The maximum absolute atomic E-state index is 3.70. The van der Waals surface area contributed by atoms with Crippen LogP contribution >= 0.6 is 0 Å². The highest BCUT2D eigenvalue weighted by Crippen LogP contribution is 2.51. The molecule has 2 N–H and O–H groups in total. The summed E-state index contributed by atoms with van der Waals surface area (Å²) in [6.45, 7) is 10.7. The Morgan fingerprint density at radius 1 is 1.38 bits per heavy atom. The van der Waals surface area contributed by atoms with E-state index in [1.807, 2.05) is 0 Å². The zero-order valence-corrected chi connectivity index (χ0v) is 11.2. The largest absolute Gasteiger partial charge is 0.315 e. The summed E-state index contributed by atoms with van der Waals surface area (Å²) in [6.07, 6.45) is 5.58. The van der Waals surface area contributed by atoms with Crippen molar-refractivity contribution < 1.29 is 0 Å². The quantitative estimate of drug-likeness (QED) is 0.749. The van der Waals surface area contributed by atoms with Gasteiger partial charge in [0.05, 0.1) is 0 Å². The zero-order valence-electron chi connectivity index (χ0n) is 11.2. The molecule has 1 aliphatic carbocycles. The Hall–Kier alpha value is -0.0800. The van der Waals surface area contributed by atoms with Crippen LogP contribution in [0.5, 0.6) is 0 Å². The fourth-order valence-electron chi connectivity index (χ4n) is 2.99. The first-order valence-corrected chi connectivity index (χ1v) is 7.06. The van der Waals surface area contributed by atoms with E-state index in [4.69, 9.17) is 0 Å². The number of nitrogens with one attached hydrogen (secondary N) is 2. The standard InChI is InChI=1S/C14H28N2/c1-11(2)14(5-6-14)10-15-9-13-8-12(3)4-7-16-13/h11-13,15-16H,4-10H2,1-3H3. The van der Waals surface area contributed by atoms with E-state index >= 15 is 0 Å². The van der Waals surface area contributed by atoms with Gasteiger partial charge in [-0.25, -0.2) is 0 Å². The molecule has 0 bridgehead atoms. The lowest BCUT2D eigenvalue weighted by molar-refractivity contribution is 0.288. The van der Waals surface area contributed by atoms with Crippen LogP contribution in [0, 0.1) is 17.3 Å². The smallest absolute Gasteiger partial charge is 0.0195 e. The highest BCUT2D eigenvalue weighted by Gasteiger charge is 2.44. The first-order valence-electron chi connectivity index (χ1n) is 7.06. The van der Waals surface area contributed by atoms with Gasteiger partial charge < -0.3 is 10.6 Å². The Balaban J connectivity index is 1.64. The van der Waals surface area contributed by atoms with Crippen molar-refractivity contribution in [2.24, 2.45) is 17.3 Å². The molecule has 0 amide bonds. The molecular formula is C14H28N2. The van der Waals surface area contributed by atoms with Gasteiger partial charge in [-0.1, -0.05) is 20.8 Å². The van der Waals surface area contributed by atoms with Crippen molar-refractivity contribution >= 4 is 0 Å². The lowest BCUT2D eigenvalue weighted by Gasteiger charge is -2.29. The van der Waals surface area contributed by atoms with Crippen LogP contribution in [0.2, 0.25) is 0 Å². The predicted molar refractivity (Wildman–Crippen MR) is 69.6 cm³/mol. The summed E-state index contributed by atoms with van der Waals surface area (Å²) in [5, 5.41) is 7.32. The summed E-state index contributed by atoms with van der Waals surface area (Å²) >= 11 is 0. The Bertz CT molecular complexity index is 221. The second kappa shape index (κ2) is 5.05. The summed E-state index contributed by atoms with van der Waals surface area (Å²) in [5.74, 6) is 1.76. The summed E-state index contributed by atoms with van der Waals surface area (Å²) < 4.78 is 0. The summed E-state index contributed by atoms with van der Waals surface area (Å²) in [5.41, 5.74) is 0.653. The third-order valence-corrected chi connectivity index (χ3v) is 4.74. The van der Waals surface area contributed by atoms with Crippen LogP contribution in [0.4, 0.5) is 0 Å². The lowest BCUT2D eigenvalue weighted by atomic mass is 9.91. The van der Waals surface area contributed by atoms with Gasteiger partial charge in [0.2, 0.25) is 0 Å². The lowest BCUT2D eigenvalue weighted by Crippen LogP contribution is -2.45. The van der Waals surface area contributed by atoms with E-state index in [1.54, 1.807) is 0 Å². The Kier molecular flexibility index (Phi) is 3.91. The Morgan fingerprint density at radius 3 is 2.69 bits per heavy atom. The summed E-state index contributed by atoms with van der Waals surface area (Å²) in [7, 11) is 0. The molecule has 2 heteroatoms. The maximum atomic E-state index is 3.70. The summed E-state index contributed by atoms with van der Waals surface area (Å²) in [4.78, 5) is 0. The van der Waals surface area contributed by atoms with Gasteiger partial charge >= 0.3 is 0 Å². The van der Waals surface area contributed by atoms with Crippen LogP contribution in [-0.4, -0.2) is 25.7 Å². The van der Waals surface area contributed by atoms with Crippen molar-refractivity contribution in [2.75, 3.05) is 19.6 Å². The van der Waals surface area contributed by atoms with Crippen LogP contribution in [0.25, 0.3) is 0 Å². The molecular weight excluding hydrogens is 196 g/mol. The number of rotatable bonds is 5. The fourth-order valence-corrected chi connectivity index (χ4v) is 2.99. The van der Waals surface area contributed by atoms with Gasteiger partial charge in [0.25, 0.3) is 0 Å². The van der Waals surface area contributed by atoms with Gasteiger partial charge in [0.1, 0.15) is 0 Å².